The Morgan fingerprint density at radius 2 is 1.74 bits per heavy atom. The van der Waals surface area contributed by atoms with Crippen LogP contribution in [0, 0.1) is 0 Å². The van der Waals surface area contributed by atoms with Gasteiger partial charge in [0.05, 0.1) is 0 Å². The molecule has 0 fully saturated rings. The zero-order valence-corrected chi connectivity index (χ0v) is 14.3. The lowest BCUT2D eigenvalue weighted by molar-refractivity contribution is 0.255. The maximum Gasteiger partial charge on any atom is 0.326 e. The topological polar surface area (TPSA) is 32.3 Å². The summed E-state index contributed by atoms with van der Waals surface area (Å²) in [5, 5.41) is 3.12. The quantitative estimate of drug-likeness (QED) is 0.793. The third-order valence-corrected chi connectivity index (χ3v) is 4.40. The Hall–Kier alpha value is -2.29. The summed E-state index contributed by atoms with van der Waals surface area (Å²) >= 11 is 0. The van der Waals surface area contributed by atoms with Crippen LogP contribution in [0.25, 0.3) is 0 Å². The van der Waals surface area contributed by atoms with Crippen molar-refractivity contribution in [3.63, 3.8) is 0 Å². The Bertz CT molecular complexity index is 730. The van der Waals surface area contributed by atoms with Gasteiger partial charge in [-0.05, 0) is 42.0 Å². The van der Waals surface area contributed by atoms with Gasteiger partial charge in [0.1, 0.15) is 0 Å². The first-order chi connectivity index (χ1) is 10.9. The number of carbonyl (C=O) groups excluding carboxylic acids is 1. The van der Waals surface area contributed by atoms with Crippen LogP contribution in [0.1, 0.15) is 38.8 Å². The van der Waals surface area contributed by atoms with E-state index in [4.69, 9.17) is 0 Å². The van der Waals surface area contributed by atoms with Gasteiger partial charge < -0.3 is 5.32 Å². The van der Waals surface area contributed by atoms with Crippen LogP contribution in [-0.2, 0) is 11.8 Å². The molecule has 23 heavy (non-hydrogen) atoms. The van der Waals surface area contributed by atoms with Crippen molar-refractivity contribution in [1.82, 2.24) is 0 Å². The second kappa shape index (κ2) is 5.73. The number of anilines is 2. The average Bonchev–Trinajstić information content (AvgIpc) is 2.82. The molecule has 0 radical (unpaired) electrons. The van der Waals surface area contributed by atoms with E-state index < -0.39 is 0 Å². The highest BCUT2D eigenvalue weighted by molar-refractivity contribution is 6.04. The highest BCUT2D eigenvalue weighted by Gasteiger charge is 2.31. The molecule has 3 nitrogen and oxygen atoms in total. The Kier molecular flexibility index (Phi) is 3.88. The minimum absolute atomic E-state index is 0.0155. The molecule has 1 aliphatic heterocycles. The number of hydrogen-bond acceptors (Lipinski definition) is 1. The van der Waals surface area contributed by atoms with Crippen molar-refractivity contribution < 1.29 is 4.79 Å². The van der Waals surface area contributed by atoms with Crippen LogP contribution in [0.15, 0.2) is 48.5 Å². The number of nitrogens with one attached hydrogen (secondary N) is 1. The van der Waals surface area contributed by atoms with Gasteiger partial charge in [-0.25, -0.2) is 4.79 Å². The van der Waals surface area contributed by atoms with E-state index in [9.17, 15) is 4.79 Å². The molecular formula is C20H24N2O. The molecule has 3 rings (SSSR count). The number of hydrogen-bond donors (Lipinski definition) is 1. The molecule has 1 aliphatic rings. The van der Waals surface area contributed by atoms with Crippen molar-refractivity contribution in [2.75, 3.05) is 10.2 Å². The second-order valence-corrected chi connectivity index (χ2v) is 7.28. The summed E-state index contributed by atoms with van der Waals surface area (Å²) < 4.78 is 0. The van der Waals surface area contributed by atoms with E-state index in [1.807, 2.05) is 41.3 Å². The first-order valence-corrected chi connectivity index (χ1v) is 8.15. The van der Waals surface area contributed by atoms with Gasteiger partial charge in [-0.15, -0.1) is 0 Å². The molecule has 1 atom stereocenters. The zero-order valence-electron chi connectivity index (χ0n) is 14.3. The molecule has 0 aliphatic carbocycles. The molecule has 1 unspecified atom stereocenters. The summed E-state index contributed by atoms with van der Waals surface area (Å²) in [5.41, 5.74) is 4.28. The molecule has 2 aromatic carbocycles. The number of fused-ring (bicyclic) bond motifs is 1. The predicted molar refractivity (Wildman–Crippen MR) is 96.2 cm³/mol. The number of rotatable bonds is 1. The molecule has 1 heterocycles. The van der Waals surface area contributed by atoms with Crippen LogP contribution in [0.4, 0.5) is 16.2 Å². The summed E-state index contributed by atoms with van der Waals surface area (Å²) in [5.74, 6) is 0. The molecule has 2 aromatic rings. The largest absolute Gasteiger partial charge is 0.326 e. The van der Waals surface area contributed by atoms with Gasteiger partial charge in [-0.3, -0.25) is 4.90 Å². The second-order valence-electron chi connectivity index (χ2n) is 7.28. The lowest BCUT2D eigenvalue weighted by Crippen LogP contribution is -2.39. The predicted octanol–water partition coefficient (Wildman–Crippen LogP) is 4.97. The van der Waals surface area contributed by atoms with Crippen molar-refractivity contribution in [3.8, 4) is 0 Å². The van der Waals surface area contributed by atoms with Crippen LogP contribution in [0.5, 0.6) is 0 Å². The average molecular weight is 308 g/mol. The Balaban J connectivity index is 1.89. The van der Waals surface area contributed by atoms with Crippen LogP contribution in [-0.4, -0.2) is 12.1 Å². The van der Waals surface area contributed by atoms with E-state index in [2.05, 4.69) is 45.1 Å². The van der Waals surface area contributed by atoms with Crippen molar-refractivity contribution in [3.05, 3.63) is 59.7 Å². The highest BCUT2D eigenvalue weighted by atomic mass is 16.2. The third kappa shape index (κ3) is 2.96. The Morgan fingerprint density at radius 1 is 1.09 bits per heavy atom. The van der Waals surface area contributed by atoms with E-state index >= 15 is 0 Å². The maximum atomic E-state index is 12.9. The smallest absolute Gasteiger partial charge is 0.307 e. The molecule has 0 saturated carbocycles. The molecule has 3 heteroatoms. The van der Waals surface area contributed by atoms with Gasteiger partial charge in [0.2, 0.25) is 0 Å². The van der Waals surface area contributed by atoms with E-state index in [1.165, 1.54) is 5.56 Å². The van der Waals surface area contributed by atoms with E-state index in [1.54, 1.807) is 0 Å². The Morgan fingerprint density at radius 3 is 2.48 bits per heavy atom. The minimum Gasteiger partial charge on any atom is -0.307 e. The van der Waals surface area contributed by atoms with Gasteiger partial charge in [-0.2, -0.15) is 0 Å². The number of nitrogens with zero attached hydrogens (tertiary/aromatic N) is 1. The zero-order chi connectivity index (χ0) is 16.6. The van der Waals surface area contributed by atoms with Gasteiger partial charge in [0.15, 0.2) is 0 Å². The van der Waals surface area contributed by atoms with Crippen molar-refractivity contribution in [2.24, 2.45) is 0 Å². The summed E-state index contributed by atoms with van der Waals surface area (Å²) in [7, 11) is 0. The van der Waals surface area contributed by atoms with Crippen molar-refractivity contribution in [2.45, 2.75) is 45.6 Å². The number of benzene rings is 2. The number of amides is 2. The first-order valence-electron chi connectivity index (χ1n) is 8.15. The lowest BCUT2D eigenvalue weighted by Gasteiger charge is -2.27. The van der Waals surface area contributed by atoms with E-state index in [0.717, 1.165) is 23.4 Å². The maximum absolute atomic E-state index is 12.9. The van der Waals surface area contributed by atoms with Crippen LogP contribution < -0.4 is 10.2 Å². The summed E-state index contributed by atoms with van der Waals surface area (Å²) in [6, 6.07) is 16.3. The highest BCUT2D eigenvalue weighted by Crippen LogP contribution is 2.34. The van der Waals surface area contributed by atoms with E-state index in [0.29, 0.717) is 0 Å². The fraction of sp³-hybridized carbons (Fsp3) is 0.350. The van der Waals surface area contributed by atoms with Crippen molar-refractivity contribution in [1.29, 1.82) is 0 Å². The SMILES string of the molecule is CC1Cc2ccccc2N1C(=O)Nc1ccccc1C(C)(C)C. The third-order valence-electron chi connectivity index (χ3n) is 4.40. The van der Waals surface area contributed by atoms with Gasteiger partial charge in [-0.1, -0.05) is 57.2 Å². The molecule has 0 aromatic heterocycles. The molecule has 0 spiro atoms. The summed E-state index contributed by atoms with van der Waals surface area (Å²) in [6.07, 6.45) is 0.907. The van der Waals surface area contributed by atoms with Crippen molar-refractivity contribution >= 4 is 17.4 Å². The molecule has 0 bridgehead atoms. The first kappa shape index (κ1) is 15.6. The molecular weight excluding hydrogens is 284 g/mol. The number of carbonyl (C=O) groups is 1. The molecule has 2 amide bonds. The van der Waals surface area contributed by atoms with Crippen LogP contribution in [0.2, 0.25) is 0 Å². The van der Waals surface area contributed by atoms with Gasteiger partial charge in [0, 0.05) is 17.4 Å². The summed E-state index contributed by atoms with van der Waals surface area (Å²) in [6.45, 7) is 8.57. The standard InChI is InChI=1S/C20H24N2O/c1-14-13-15-9-5-8-12-18(15)22(14)19(23)21-17-11-7-6-10-16(17)20(2,3)4/h5-12,14H,13H2,1-4H3,(H,21,23). The fourth-order valence-electron chi connectivity index (χ4n) is 3.30. The lowest BCUT2D eigenvalue weighted by atomic mass is 9.86. The number of para-hydroxylation sites is 2. The minimum atomic E-state index is -0.0563. The van der Waals surface area contributed by atoms with Crippen LogP contribution >= 0.6 is 0 Å². The van der Waals surface area contributed by atoms with Gasteiger partial charge in [0.25, 0.3) is 0 Å². The normalized spacial score (nSPS) is 17.0. The number of urea groups is 1. The monoisotopic (exact) mass is 308 g/mol. The fourth-order valence-corrected chi connectivity index (χ4v) is 3.30. The van der Waals surface area contributed by atoms with E-state index in [-0.39, 0.29) is 17.5 Å². The van der Waals surface area contributed by atoms with Crippen LogP contribution in [0.3, 0.4) is 0 Å². The molecule has 120 valence electrons. The molecule has 0 saturated heterocycles. The summed E-state index contributed by atoms with van der Waals surface area (Å²) in [4.78, 5) is 14.8. The van der Waals surface area contributed by atoms with Gasteiger partial charge >= 0.3 is 6.03 Å². The molecule has 1 N–H and O–H groups in total. The Labute approximate surface area is 138 Å².